The number of nitrogens with zero attached hydrogens (tertiary/aromatic N) is 2. The smallest absolute Gasteiger partial charge is 0.0521 e. The lowest BCUT2D eigenvalue weighted by atomic mass is 9.84. The molecule has 3 nitrogen and oxygen atoms in total. The highest BCUT2D eigenvalue weighted by Crippen LogP contribution is 2.26. The second kappa shape index (κ2) is 4.42. The van der Waals surface area contributed by atoms with E-state index in [1.165, 1.54) is 18.4 Å². The first-order chi connectivity index (χ1) is 7.61. The molecule has 3 heteroatoms. The molecule has 1 saturated carbocycles. The van der Waals surface area contributed by atoms with Crippen molar-refractivity contribution in [3.8, 4) is 0 Å². The van der Waals surface area contributed by atoms with Gasteiger partial charge in [0, 0.05) is 31.2 Å². The maximum Gasteiger partial charge on any atom is 0.0521 e. The highest BCUT2D eigenvalue weighted by molar-refractivity contribution is 5.11. The van der Waals surface area contributed by atoms with Crippen LogP contribution in [0.15, 0.2) is 25.0 Å². The summed E-state index contributed by atoms with van der Waals surface area (Å²) in [7, 11) is 1.96. The van der Waals surface area contributed by atoms with Crippen LogP contribution in [0.1, 0.15) is 25.3 Å². The number of hydrogen-bond donors (Lipinski definition) is 1. The lowest BCUT2D eigenvalue weighted by Gasteiger charge is -2.25. The van der Waals surface area contributed by atoms with E-state index in [0.29, 0.717) is 0 Å². The predicted octanol–water partition coefficient (Wildman–Crippen LogP) is 1.91. The van der Waals surface area contributed by atoms with Gasteiger partial charge in [-0.25, -0.2) is 0 Å². The standard InChI is InChI=1S/C13H21N3/c1-4-13(2,10-14-12-5-6-12)7-11-8-15-16(3)9-11/h4,8-9,12,14H,1,5-7,10H2,2-3H3. The summed E-state index contributed by atoms with van der Waals surface area (Å²) in [6.07, 6.45) is 9.76. The van der Waals surface area contributed by atoms with Crippen molar-refractivity contribution in [3.63, 3.8) is 0 Å². The second-order valence-corrected chi connectivity index (χ2v) is 5.21. The van der Waals surface area contributed by atoms with E-state index in [4.69, 9.17) is 0 Å². The number of hydrogen-bond acceptors (Lipinski definition) is 2. The van der Waals surface area contributed by atoms with Gasteiger partial charge in [0.15, 0.2) is 0 Å². The lowest BCUT2D eigenvalue weighted by Crippen LogP contribution is -2.33. The normalized spacial score (nSPS) is 19.4. The molecule has 0 spiro atoms. The van der Waals surface area contributed by atoms with E-state index in [1.807, 2.05) is 17.9 Å². The minimum Gasteiger partial charge on any atom is -0.313 e. The Morgan fingerprint density at radius 2 is 2.44 bits per heavy atom. The predicted molar refractivity (Wildman–Crippen MR) is 66.2 cm³/mol. The van der Waals surface area contributed by atoms with Crippen LogP contribution >= 0.6 is 0 Å². The van der Waals surface area contributed by atoms with Crippen molar-refractivity contribution in [3.05, 3.63) is 30.6 Å². The number of rotatable bonds is 6. The van der Waals surface area contributed by atoms with Crippen LogP contribution in [0.4, 0.5) is 0 Å². The van der Waals surface area contributed by atoms with Gasteiger partial charge in [-0.05, 0) is 24.8 Å². The van der Waals surface area contributed by atoms with E-state index in [-0.39, 0.29) is 5.41 Å². The Kier molecular flexibility index (Phi) is 3.15. The molecule has 0 amide bonds. The van der Waals surface area contributed by atoms with Gasteiger partial charge in [0.1, 0.15) is 0 Å². The number of aromatic nitrogens is 2. The first-order valence-corrected chi connectivity index (χ1v) is 5.96. The van der Waals surface area contributed by atoms with E-state index in [9.17, 15) is 0 Å². The van der Waals surface area contributed by atoms with Crippen LogP contribution in [0.2, 0.25) is 0 Å². The third kappa shape index (κ3) is 2.95. The van der Waals surface area contributed by atoms with E-state index in [0.717, 1.165) is 19.0 Å². The molecule has 1 aromatic rings. The third-order valence-corrected chi connectivity index (χ3v) is 3.23. The molecule has 0 saturated heterocycles. The lowest BCUT2D eigenvalue weighted by molar-refractivity contribution is 0.389. The fourth-order valence-electron chi connectivity index (χ4n) is 1.90. The minimum absolute atomic E-state index is 0.131. The summed E-state index contributed by atoms with van der Waals surface area (Å²) in [6.45, 7) is 7.23. The van der Waals surface area contributed by atoms with Gasteiger partial charge < -0.3 is 5.32 Å². The highest BCUT2D eigenvalue weighted by atomic mass is 15.2. The first kappa shape index (κ1) is 11.4. The van der Waals surface area contributed by atoms with Crippen LogP contribution in [0.5, 0.6) is 0 Å². The fourth-order valence-corrected chi connectivity index (χ4v) is 1.90. The Morgan fingerprint density at radius 1 is 1.69 bits per heavy atom. The SMILES string of the molecule is C=CC(C)(CNC1CC1)Cc1cnn(C)c1. The van der Waals surface area contributed by atoms with Crippen molar-refractivity contribution in [1.29, 1.82) is 0 Å². The van der Waals surface area contributed by atoms with Crippen LogP contribution in [-0.4, -0.2) is 22.4 Å². The molecule has 1 N–H and O–H groups in total. The molecular weight excluding hydrogens is 198 g/mol. The summed E-state index contributed by atoms with van der Waals surface area (Å²) in [6, 6.07) is 0.758. The van der Waals surface area contributed by atoms with Gasteiger partial charge in [0.2, 0.25) is 0 Å². The first-order valence-electron chi connectivity index (χ1n) is 5.96. The summed E-state index contributed by atoms with van der Waals surface area (Å²) < 4.78 is 1.85. The van der Waals surface area contributed by atoms with Crippen molar-refractivity contribution in [2.75, 3.05) is 6.54 Å². The van der Waals surface area contributed by atoms with Crippen LogP contribution in [0, 0.1) is 5.41 Å². The van der Waals surface area contributed by atoms with Gasteiger partial charge in [0.25, 0.3) is 0 Å². The zero-order valence-electron chi connectivity index (χ0n) is 10.2. The number of nitrogens with one attached hydrogen (secondary N) is 1. The zero-order chi connectivity index (χ0) is 11.6. The van der Waals surface area contributed by atoms with Crippen molar-refractivity contribution >= 4 is 0 Å². The molecule has 16 heavy (non-hydrogen) atoms. The van der Waals surface area contributed by atoms with E-state index >= 15 is 0 Å². The molecule has 1 atom stereocenters. The molecule has 1 unspecified atom stereocenters. The van der Waals surface area contributed by atoms with Gasteiger partial charge >= 0.3 is 0 Å². The monoisotopic (exact) mass is 219 g/mol. The largest absolute Gasteiger partial charge is 0.313 e. The molecule has 0 bridgehead atoms. The van der Waals surface area contributed by atoms with Gasteiger partial charge in [-0.3, -0.25) is 4.68 Å². The van der Waals surface area contributed by atoms with Crippen LogP contribution in [0.3, 0.4) is 0 Å². The zero-order valence-corrected chi connectivity index (χ0v) is 10.2. The Labute approximate surface area is 97.5 Å². The third-order valence-electron chi connectivity index (χ3n) is 3.23. The summed E-state index contributed by atoms with van der Waals surface area (Å²) >= 11 is 0. The van der Waals surface area contributed by atoms with Crippen molar-refractivity contribution in [2.24, 2.45) is 12.5 Å². The van der Waals surface area contributed by atoms with Crippen molar-refractivity contribution in [2.45, 2.75) is 32.2 Å². The Hall–Kier alpha value is -1.09. The molecule has 2 rings (SSSR count). The topological polar surface area (TPSA) is 29.9 Å². The molecular formula is C13H21N3. The quantitative estimate of drug-likeness (QED) is 0.741. The molecule has 1 aliphatic rings. The molecule has 1 fully saturated rings. The number of aryl methyl sites for hydroxylation is 1. The van der Waals surface area contributed by atoms with E-state index in [1.54, 1.807) is 0 Å². The Morgan fingerprint density at radius 3 is 2.94 bits per heavy atom. The van der Waals surface area contributed by atoms with E-state index < -0.39 is 0 Å². The minimum atomic E-state index is 0.131. The molecule has 0 aliphatic heterocycles. The van der Waals surface area contributed by atoms with Crippen LogP contribution in [-0.2, 0) is 13.5 Å². The maximum atomic E-state index is 4.20. The summed E-state index contributed by atoms with van der Waals surface area (Å²) in [5.74, 6) is 0. The molecule has 88 valence electrons. The Bertz CT molecular complexity index is 365. The van der Waals surface area contributed by atoms with Gasteiger partial charge in [0.05, 0.1) is 6.20 Å². The summed E-state index contributed by atoms with van der Waals surface area (Å²) in [4.78, 5) is 0. The maximum absolute atomic E-state index is 4.20. The molecule has 0 aromatic carbocycles. The summed E-state index contributed by atoms with van der Waals surface area (Å²) in [5.41, 5.74) is 1.41. The van der Waals surface area contributed by atoms with Crippen LogP contribution < -0.4 is 5.32 Å². The average Bonchev–Trinajstić information content (AvgIpc) is 3.01. The van der Waals surface area contributed by atoms with Crippen molar-refractivity contribution < 1.29 is 0 Å². The van der Waals surface area contributed by atoms with Gasteiger partial charge in [-0.15, -0.1) is 6.58 Å². The van der Waals surface area contributed by atoms with E-state index in [2.05, 4.69) is 36.2 Å². The van der Waals surface area contributed by atoms with Gasteiger partial charge in [-0.2, -0.15) is 5.10 Å². The van der Waals surface area contributed by atoms with Crippen LogP contribution in [0.25, 0.3) is 0 Å². The average molecular weight is 219 g/mol. The fraction of sp³-hybridized carbons (Fsp3) is 0.615. The Balaban J connectivity index is 1.93. The molecule has 1 heterocycles. The highest BCUT2D eigenvalue weighted by Gasteiger charge is 2.26. The molecule has 0 radical (unpaired) electrons. The van der Waals surface area contributed by atoms with Gasteiger partial charge in [-0.1, -0.05) is 13.0 Å². The summed E-state index contributed by atoms with van der Waals surface area (Å²) in [5, 5.41) is 7.78. The second-order valence-electron chi connectivity index (χ2n) is 5.21. The van der Waals surface area contributed by atoms with Crippen molar-refractivity contribution in [1.82, 2.24) is 15.1 Å². The molecule has 1 aromatic heterocycles. The molecule has 1 aliphatic carbocycles.